The van der Waals surface area contributed by atoms with E-state index in [0.717, 1.165) is 44.3 Å². The predicted octanol–water partition coefficient (Wildman–Crippen LogP) is 1.43. The van der Waals surface area contributed by atoms with Gasteiger partial charge in [-0.1, -0.05) is 18.9 Å². The van der Waals surface area contributed by atoms with Gasteiger partial charge in [-0.25, -0.2) is 4.79 Å². The van der Waals surface area contributed by atoms with Crippen molar-refractivity contribution in [3.8, 4) is 0 Å². The minimum atomic E-state index is -0.585. The Labute approximate surface area is 130 Å². The lowest BCUT2D eigenvalue weighted by molar-refractivity contribution is -0.131. The largest absolute Gasteiger partial charge is 0.325 e. The van der Waals surface area contributed by atoms with Crippen molar-refractivity contribution in [2.75, 3.05) is 13.1 Å². The number of imide groups is 1. The van der Waals surface area contributed by atoms with E-state index in [-0.39, 0.29) is 11.9 Å². The topological polar surface area (TPSA) is 74.3 Å². The van der Waals surface area contributed by atoms with Gasteiger partial charge in [0.1, 0.15) is 5.54 Å². The van der Waals surface area contributed by atoms with Gasteiger partial charge >= 0.3 is 6.03 Å². The van der Waals surface area contributed by atoms with Gasteiger partial charge in [0.05, 0.1) is 5.69 Å². The number of nitrogens with one attached hydrogen (secondary N) is 2. The molecule has 2 fully saturated rings. The Kier molecular flexibility index (Phi) is 4.38. The van der Waals surface area contributed by atoms with Crippen molar-refractivity contribution in [2.24, 2.45) is 0 Å². The van der Waals surface area contributed by atoms with E-state index in [9.17, 15) is 9.59 Å². The highest BCUT2D eigenvalue weighted by Gasteiger charge is 2.51. The summed E-state index contributed by atoms with van der Waals surface area (Å²) in [5.41, 5.74) is 0.403. The van der Waals surface area contributed by atoms with E-state index in [1.54, 1.807) is 6.20 Å². The van der Waals surface area contributed by atoms with Gasteiger partial charge in [0, 0.05) is 19.3 Å². The summed E-state index contributed by atoms with van der Waals surface area (Å²) in [7, 11) is 0. The van der Waals surface area contributed by atoms with Crippen LogP contribution in [-0.4, -0.2) is 40.5 Å². The van der Waals surface area contributed by atoms with Crippen LogP contribution in [-0.2, 0) is 11.3 Å². The summed E-state index contributed by atoms with van der Waals surface area (Å²) in [6.45, 7) is 1.92. The van der Waals surface area contributed by atoms with E-state index < -0.39 is 5.54 Å². The van der Waals surface area contributed by atoms with Crippen molar-refractivity contribution in [1.29, 1.82) is 0 Å². The van der Waals surface area contributed by atoms with Crippen molar-refractivity contribution in [1.82, 2.24) is 20.5 Å². The number of carbonyl (C=O) groups is 2. The second-order valence-corrected chi connectivity index (χ2v) is 6.03. The molecule has 2 aliphatic rings. The fourth-order valence-electron chi connectivity index (χ4n) is 3.28. The van der Waals surface area contributed by atoms with Crippen molar-refractivity contribution in [3.63, 3.8) is 0 Å². The molecular formula is C16H22N4O2. The van der Waals surface area contributed by atoms with E-state index in [1.165, 1.54) is 4.90 Å². The average Bonchev–Trinajstić information content (AvgIpc) is 3.08. The molecule has 1 saturated carbocycles. The van der Waals surface area contributed by atoms with Gasteiger partial charge in [-0.3, -0.25) is 14.7 Å². The minimum absolute atomic E-state index is 0.0280. The number of hydrogen-bond acceptors (Lipinski definition) is 4. The van der Waals surface area contributed by atoms with Crippen LogP contribution in [0.4, 0.5) is 4.79 Å². The molecular weight excluding hydrogens is 280 g/mol. The fraction of sp³-hybridized carbons (Fsp3) is 0.562. The van der Waals surface area contributed by atoms with Crippen molar-refractivity contribution >= 4 is 11.9 Å². The maximum absolute atomic E-state index is 12.4. The first-order chi connectivity index (χ1) is 10.7. The van der Waals surface area contributed by atoms with Crippen LogP contribution in [0.3, 0.4) is 0 Å². The highest BCUT2D eigenvalue weighted by molar-refractivity contribution is 6.07. The molecule has 3 amide bonds. The Morgan fingerprint density at radius 3 is 2.82 bits per heavy atom. The molecule has 1 aromatic heterocycles. The van der Waals surface area contributed by atoms with Crippen LogP contribution in [0.25, 0.3) is 0 Å². The number of urea groups is 1. The third kappa shape index (κ3) is 2.97. The third-order valence-corrected chi connectivity index (χ3v) is 4.47. The van der Waals surface area contributed by atoms with Gasteiger partial charge < -0.3 is 10.6 Å². The standard InChI is InChI=1S/C16H22N4O2/c21-14-16(7-2-3-8-16)19-15(22)20(14)11-5-9-17-12-13-6-1-4-10-18-13/h1,4,6,10,17H,2-3,5,7-9,11-12H2,(H,19,22). The van der Waals surface area contributed by atoms with Crippen LogP contribution >= 0.6 is 0 Å². The molecule has 1 aliphatic heterocycles. The Hall–Kier alpha value is -1.95. The molecule has 1 aliphatic carbocycles. The van der Waals surface area contributed by atoms with E-state index in [1.807, 2.05) is 18.2 Å². The first kappa shape index (κ1) is 15.0. The maximum Gasteiger partial charge on any atom is 0.325 e. The smallest absolute Gasteiger partial charge is 0.323 e. The van der Waals surface area contributed by atoms with Crippen LogP contribution in [0, 0.1) is 0 Å². The number of rotatable bonds is 6. The van der Waals surface area contributed by atoms with Crippen LogP contribution in [0.15, 0.2) is 24.4 Å². The Bertz CT molecular complexity index is 540. The molecule has 6 heteroatoms. The van der Waals surface area contributed by atoms with Crippen LogP contribution in [0.1, 0.15) is 37.8 Å². The molecule has 1 spiro atoms. The molecule has 0 radical (unpaired) electrons. The Morgan fingerprint density at radius 1 is 1.27 bits per heavy atom. The van der Waals surface area contributed by atoms with Crippen molar-refractivity contribution in [2.45, 2.75) is 44.2 Å². The molecule has 2 N–H and O–H groups in total. The zero-order chi connectivity index (χ0) is 15.4. The quantitative estimate of drug-likeness (QED) is 0.616. The number of nitrogens with zero attached hydrogens (tertiary/aromatic N) is 2. The zero-order valence-corrected chi connectivity index (χ0v) is 12.7. The molecule has 6 nitrogen and oxygen atoms in total. The van der Waals surface area contributed by atoms with Gasteiger partial charge in [0.25, 0.3) is 5.91 Å². The van der Waals surface area contributed by atoms with E-state index in [4.69, 9.17) is 0 Å². The second kappa shape index (κ2) is 6.44. The summed E-state index contributed by atoms with van der Waals surface area (Å²) >= 11 is 0. The third-order valence-electron chi connectivity index (χ3n) is 4.47. The van der Waals surface area contributed by atoms with E-state index in [0.29, 0.717) is 13.1 Å². The summed E-state index contributed by atoms with van der Waals surface area (Å²) in [5, 5.41) is 6.19. The first-order valence-corrected chi connectivity index (χ1v) is 7.96. The monoisotopic (exact) mass is 302 g/mol. The van der Waals surface area contributed by atoms with Crippen LogP contribution in [0.5, 0.6) is 0 Å². The predicted molar refractivity (Wildman–Crippen MR) is 82.0 cm³/mol. The van der Waals surface area contributed by atoms with E-state index >= 15 is 0 Å². The molecule has 0 atom stereocenters. The van der Waals surface area contributed by atoms with Crippen LogP contribution in [0.2, 0.25) is 0 Å². The van der Waals surface area contributed by atoms with Crippen molar-refractivity contribution in [3.05, 3.63) is 30.1 Å². The number of carbonyl (C=O) groups excluding carboxylic acids is 2. The highest BCUT2D eigenvalue weighted by atomic mass is 16.2. The SMILES string of the molecule is O=C1NC2(CCCC2)C(=O)N1CCCNCc1ccccn1. The average molecular weight is 302 g/mol. The normalized spacial score (nSPS) is 19.9. The fourth-order valence-corrected chi connectivity index (χ4v) is 3.28. The Morgan fingerprint density at radius 2 is 2.09 bits per heavy atom. The summed E-state index contributed by atoms with van der Waals surface area (Å²) in [6, 6.07) is 5.59. The lowest BCUT2D eigenvalue weighted by Gasteiger charge is -2.20. The molecule has 0 bridgehead atoms. The van der Waals surface area contributed by atoms with E-state index in [2.05, 4.69) is 15.6 Å². The maximum atomic E-state index is 12.4. The first-order valence-electron chi connectivity index (χ1n) is 7.96. The van der Waals surface area contributed by atoms with Gasteiger partial charge in [0.2, 0.25) is 0 Å². The van der Waals surface area contributed by atoms with Crippen molar-refractivity contribution < 1.29 is 9.59 Å². The lowest BCUT2D eigenvalue weighted by atomic mass is 9.98. The summed E-state index contributed by atoms with van der Waals surface area (Å²) in [4.78, 5) is 30.0. The molecule has 1 saturated heterocycles. The molecule has 2 heterocycles. The molecule has 118 valence electrons. The molecule has 0 unspecified atom stereocenters. The van der Waals surface area contributed by atoms with Gasteiger partial charge in [0.15, 0.2) is 0 Å². The minimum Gasteiger partial charge on any atom is -0.323 e. The van der Waals surface area contributed by atoms with Crippen LogP contribution < -0.4 is 10.6 Å². The molecule has 3 rings (SSSR count). The lowest BCUT2D eigenvalue weighted by Crippen LogP contribution is -2.44. The number of amides is 3. The summed E-state index contributed by atoms with van der Waals surface area (Å²) in [5.74, 6) is -0.0280. The number of hydrogen-bond donors (Lipinski definition) is 2. The summed E-state index contributed by atoms with van der Waals surface area (Å²) < 4.78 is 0. The molecule has 1 aromatic rings. The van der Waals surface area contributed by atoms with Gasteiger partial charge in [-0.15, -0.1) is 0 Å². The zero-order valence-electron chi connectivity index (χ0n) is 12.7. The number of pyridine rings is 1. The second-order valence-electron chi connectivity index (χ2n) is 6.03. The molecule has 0 aromatic carbocycles. The van der Waals surface area contributed by atoms with Gasteiger partial charge in [-0.05, 0) is 37.9 Å². The molecule has 22 heavy (non-hydrogen) atoms. The van der Waals surface area contributed by atoms with Gasteiger partial charge in [-0.2, -0.15) is 0 Å². The summed E-state index contributed by atoms with van der Waals surface area (Å²) in [6.07, 6.45) is 6.13. The number of aromatic nitrogens is 1. The highest BCUT2D eigenvalue weighted by Crippen LogP contribution is 2.34. The Balaban J connectivity index is 1.42.